The Balaban J connectivity index is 1.45. The fourth-order valence-electron chi connectivity index (χ4n) is 4.41. The third kappa shape index (κ3) is 4.18. The summed E-state index contributed by atoms with van der Waals surface area (Å²) in [5.41, 5.74) is 10.5. The first-order valence-electron chi connectivity index (χ1n) is 11.2. The number of aromatic nitrogens is 5. The maximum Gasteiger partial charge on any atom is 0.268 e. The summed E-state index contributed by atoms with van der Waals surface area (Å²) in [6, 6.07) is 15.3. The van der Waals surface area contributed by atoms with Crippen LogP contribution in [0.15, 0.2) is 53.4 Å². The fourth-order valence-corrected chi connectivity index (χ4v) is 6.29. The molecular weight excluding hydrogens is 464 g/mol. The topological polar surface area (TPSA) is 132 Å². The van der Waals surface area contributed by atoms with Gasteiger partial charge in [0.1, 0.15) is 11.4 Å². The summed E-state index contributed by atoms with van der Waals surface area (Å²) in [7, 11) is -3.79. The van der Waals surface area contributed by atoms with Crippen LogP contribution in [0.25, 0.3) is 0 Å². The van der Waals surface area contributed by atoms with Crippen molar-refractivity contribution in [3.05, 3.63) is 76.9 Å². The van der Waals surface area contributed by atoms with Crippen LogP contribution in [0.2, 0.25) is 0 Å². The Bertz CT molecular complexity index is 1530. The largest absolute Gasteiger partial charge is 0.368 e. The number of sulfonamides is 1. The summed E-state index contributed by atoms with van der Waals surface area (Å²) in [6.45, 7) is 5.97. The number of hydrogen-bond acceptors (Lipinski definition) is 8. The number of aryl methyl sites for hydroxylation is 2. The molecule has 0 unspecified atom stereocenters. The Labute approximate surface area is 203 Å². The Kier molecular flexibility index (Phi) is 5.64. The number of benzene rings is 2. The molecule has 0 saturated heterocycles. The van der Waals surface area contributed by atoms with Crippen molar-refractivity contribution in [2.45, 2.75) is 38.6 Å². The van der Waals surface area contributed by atoms with E-state index in [4.69, 9.17) is 5.73 Å². The van der Waals surface area contributed by atoms with Crippen molar-refractivity contribution >= 4 is 33.3 Å². The van der Waals surface area contributed by atoms with Gasteiger partial charge in [-0.25, -0.2) is 8.42 Å². The summed E-state index contributed by atoms with van der Waals surface area (Å²) in [5.74, 6) is 0.744. The molecule has 0 radical (unpaired) electrons. The molecular formula is C24H26N8O2S. The molecule has 0 amide bonds. The van der Waals surface area contributed by atoms with Gasteiger partial charge in [-0.2, -0.15) is 20.1 Å². The lowest BCUT2D eigenvalue weighted by Crippen LogP contribution is -2.30. The summed E-state index contributed by atoms with van der Waals surface area (Å²) in [4.78, 5) is 13.1. The number of nitrogens with one attached hydrogen (secondary N) is 1. The number of nitrogens with zero attached hydrogens (tertiary/aromatic N) is 6. The molecule has 3 N–H and O–H groups in total. The zero-order chi connectivity index (χ0) is 24.7. The SMILES string of the molecule is Cc1ccccc1Nc1nc(N)nc(Cn2nc(C)c(S(=O)(=O)N3CCc4ccccc43)c2C)n1. The molecule has 180 valence electrons. The Hall–Kier alpha value is -3.99. The quantitative estimate of drug-likeness (QED) is 0.421. The lowest BCUT2D eigenvalue weighted by Gasteiger charge is -2.19. The zero-order valence-electron chi connectivity index (χ0n) is 19.7. The molecule has 10 nitrogen and oxygen atoms in total. The fraction of sp³-hybridized carbons (Fsp3) is 0.250. The van der Waals surface area contributed by atoms with Gasteiger partial charge in [-0.3, -0.25) is 8.99 Å². The molecule has 0 bridgehead atoms. The van der Waals surface area contributed by atoms with Gasteiger partial charge in [0.05, 0.1) is 17.1 Å². The predicted molar refractivity (Wildman–Crippen MR) is 134 cm³/mol. The van der Waals surface area contributed by atoms with Crippen molar-refractivity contribution in [3.8, 4) is 0 Å². The highest BCUT2D eigenvalue weighted by Crippen LogP contribution is 2.34. The number of nitrogen functional groups attached to an aromatic ring is 1. The number of hydrogen-bond donors (Lipinski definition) is 2. The molecule has 2 aromatic heterocycles. The van der Waals surface area contributed by atoms with E-state index in [1.807, 2.05) is 55.5 Å². The monoisotopic (exact) mass is 490 g/mol. The predicted octanol–water partition coefficient (Wildman–Crippen LogP) is 3.12. The summed E-state index contributed by atoms with van der Waals surface area (Å²) in [6.07, 6.45) is 0.683. The van der Waals surface area contributed by atoms with Gasteiger partial charge in [0.25, 0.3) is 10.0 Å². The maximum atomic E-state index is 13.6. The van der Waals surface area contributed by atoms with Gasteiger partial charge in [-0.15, -0.1) is 0 Å². The second-order valence-electron chi connectivity index (χ2n) is 8.49. The van der Waals surface area contributed by atoms with Gasteiger partial charge < -0.3 is 11.1 Å². The molecule has 11 heteroatoms. The van der Waals surface area contributed by atoms with Crippen molar-refractivity contribution in [1.29, 1.82) is 0 Å². The van der Waals surface area contributed by atoms with E-state index in [-0.39, 0.29) is 17.4 Å². The van der Waals surface area contributed by atoms with Gasteiger partial charge in [0.2, 0.25) is 11.9 Å². The van der Waals surface area contributed by atoms with Crippen LogP contribution in [-0.2, 0) is 23.0 Å². The van der Waals surface area contributed by atoms with Gasteiger partial charge in [0, 0.05) is 12.2 Å². The van der Waals surface area contributed by atoms with Crippen molar-refractivity contribution in [2.75, 3.05) is 21.9 Å². The van der Waals surface area contributed by atoms with Crippen molar-refractivity contribution in [3.63, 3.8) is 0 Å². The summed E-state index contributed by atoms with van der Waals surface area (Å²) >= 11 is 0. The lowest BCUT2D eigenvalue weighted by molar-refractivity contribution is 0.589. The molecule has 1 aliphatic heterocycles. The van der Waals surface area contributed by atoms with Crippen molar-refractivity contribution < 1.29 is 8.42 Å². The van der Waals surface area contributed by atoms with E-state index in [0.29, 0.717) is 36.1 Å². The molecule has 1 aliphatic rings. The van der Waals surface area contributed by atoms with Crippen LogP contribution >= 0.6 is 0 Å². The van der Waals surface area contributed by atoms with Crippen LogP contribution in [0.3, 0.4) is 0 Å². The van der Waals surface area contributed by atoms with Crippen LogP contribution in [-0.4, -0.2) is 39.7 Å². The first kappa shape index (κ1) is 22.8. The molecule has 4 aromatic rings. The Morgan fingerprint density at radius 1 is 1.00 bits per heavy atom. The van der Waals surface area contributed by atoms with Crippen LogP contribution in [0, 0.1) is 20.8 Å². The van der Waals surface area contributed by atoms with E-state index in [1.54, 1.807) is 18.5 Å². The standard InChI is InChI=1S/C24H26N8O2S/c1-15-8-4-6-10-19(15)26-24-28-21(27-23(25)29-24)14-31-17(3)22(16(2)30-31)35(33,34)32-13-12-18-9-5-7-11-20(18)32/h4-11H,12-14H2,1-3H3,(H3,25,26,27,28,29). The molecule has 0 spiro atoms. The van der Waals surface area contributed by atoms with Gasteiger partial charge in [0.15, 0.2) is 5.82 Å². The molecule has 35 heavy (non-hydrogen) atoms. The third-order valence-corrected chi connectivity index (χ3v) is 8.16. The van der Waals surface area contributed by atoms with E-state index >= 15 is 0 Å². The summed E-state index contributed by atoms with van der Waals surface area (Å²) < 4.78 is 30.4. The zero-order valence-corrected chi connectivity index (χ0v) is 20.5. The minimum absolute atomic E-state index is 0.0640. The number of anilines is 4. The van der Waals surface area contributed by atoms with Crippen molar-refractivity contribution in [1.82, 2.24) is 24.7 Å². The number of rotatable bonds is 6. The molecule has 3 heterocycles. The van der Waals surface area contributed by atoms with E-state index in [9.17, 15) is 8.42 Å². The molecule has 0 aliphatic carbocycles. The lowest BCUT2D eigenvalue weighted by atomic mass is 10.2. The maximum absolute atomic E-state index is 13.6. The molecule has 0 atom stereocenters. The van der Waals surface area contributed by atoms with Crippen LogP contribution < -0.4 is 15.4 Å². The number of fused-ring (bicyclic) bond motifs is 1. The molecule has 5 rings (SSSR count). The minimum atomic E-state index is -3.79. The van der Waals surface area contributed by atoms with E-state index in [0.717, 1.165) is 22.5 Å². The van der Waals surface area contributed by atoms with Crippen LogP contribution in [0.5, 0.6) is 0 Å². The average Bonchev–Trinajstić information content (AvgIpc) is 3.36. The van der Waals surface area contributed by atoms with Crippen LogP contribution in [0.1, 0.15) is 28.3 Å². The highest BCUT2D eigenvalue weighted by molar-refractivity contribution is 7.93. The summed E-state index contributed by atoms with van der Waals surface area (Å²) in [5, 5.41) is 7.67. The van der Waals surface area contributed by atoms with E-state index in [1.165, 1.54) is 4.31 Å². The van der Waals surface area contributed by atoms with E-state index < -0.39 is 10.0 Å². The van der Waals surface area contributed by atoms with E-state index in [2.05, 4.69) is 25.4 Å². The van der Waals surface area contributed by atoms with Gasteiger partial charge in [-0.05, 0) is 50.5 Å². The van der Waals surface area contributed by atoms with Gasteiger partial charge in [-0.1, -0.05) is 36.4 Å². The number of para-hydroxylation sites is 2. The first-order valence-corrected chi connectivity index (χ1v) is 12.7. The smallest absolute Gasteiger partial charge is 0.268 e. The molecule has 0 saturated carbocycles. The normalized spacial score (nSPS) is 13.2. The van der Waals surface area contributed by atoms with Crippen molar-refractivity contribution in [2.24, 2.45) is 0 Å². The first-order chi connectivity index (χ1) is 16.7. The second kappa shape index (κ2) is 8.66. The highest BCUT2D eigenvalue weighted by atomic mass is 32.2. The average molecular weight is 491 g/mol. The van der Waals surface area contributed by atoms with Gasteiger partial charge >= 0.3 is 0 Å². The number of nitrogens with two attached hydrogens (primary N) is 1. The molecule has 2 aromatic carbocycles. The Morgan fingerprint density at radius 2 is 1.74 bits per heavy atom. The minimum Gasteiger partial charge on any atom is -0.368 e. The molecule has 0 fully saturated rings. The third-order valence-electron chi connectivity index (χ3n) is 6.09. The second-order valence-corrected chi connectivity index (χ2v) is 10.3. The van der Waals surface area contributed by atoms with Crippen LogP contribution in [0.4, 0.5) is 23.3 Å². The highest BCUT2D eigenvalue weighted by Gasteiger charge is 2.35. The Morgan fingerprint density at radius 3 is 2.54 bits per heavy atom.